The minimum absolute atomic E-state index is 0.0260. The molecule has 0 N–H and O–H groups in total. The van der Waals surface area contributed by atoms with Crippen molar-refractivity contribution in [1.82, 2.24) is 0 Å². The molecular weight excluding hydrogens is 302 g/mol. The van der Waals surface area contributed by atoms with Crippen molar-refractivity contribution in [1.29, 1.82) is 0 Å². The van der Waals surface area contributed by atoms with Gasteiger partial charge in [0.1, 0.15) is 6.10 Å². The molecule has 0 amide bonds. The molecule has 1 aliphatic rings. The molecule has 0 aromatic heterocycles. The van der Waals surface area contributed by atoms with Crippen molar-refractivity contribution < 1.29 is 14.0 Å². The molecule has 1 fully saturated rings. The highest BCUT2D eigenvalue weighted by molar-refractivity contribution is 8.10. The Morgan fingerprint density at radius 2 is 1.81 bits per heavy atom. The molecule has 5 heteroatoms. The second-order valence-electron chi connectivity index (χ2n) is 5.84. The Morgan fingerprint density at radius 3 is 2.43 bits per heavy atom. The summed E-state index contributed by atoms with van der Waals surface area (Å²) >= 11 is 0. The third-order valence-corrected chi connectivity index (χ3v) is 5.17. The molecule has 2 rings (SSSR count). The SMILES string of the molecule is CC1OC(OP(C)P)C(OCc2ccccc2)C(C)C1C. The Labute approximate surface area is 131 Å². The average Bonchev–Trinajstić information content (AvgIpc) is 2.45. The van der Waals surface area contributed by atoms with Gasteiger partial charge in [-0.25, -0.2) is 0 Å². The summed E-state index contributed by atoms with van der Waals surface area (Å²) in [6.45, 7) is 9.23. The fraction of sp³-hybridized carbons (Fsp3) is 0.625. The average molecular weight is 328 g/mol. The van der Waals surface area contributed by atoms with Crippen molar-refractivity contribution in [3.63, 3.8) is 0 Å². The van der Waals surface area contributed by atoms with E-state index < -0.39 is 7.84 Å². The summed E-state index contributed by atoms with van der Waals surface area (Å²) in [6.07, 6.45) is -0.105. The van der Waals surface area contributed by atoms with Crippen LogP contribution in [-0.4, -0.2) is 25.2 Å². The summed E-state index contributed by atoms with van der Waals surface area (Å²) in [5, 5.41) is 0. The molecule has 1 heterocycles. The fourth-order valence-corrected chi connectivity index (χ4v) is 3.49. The second kappa shape index (κ2) is 7.99. The first-order valence-electron chi connectivity index (χ1n) is 7.45. The monoisotopic (exact) mass is 328 g/mol. The molecule has 0 aliphatic carbocycles. The summed E-state index contributed by atoms with van der Waals surface area (Å²) < 4.78 is 18.2. The third kappa shape index (κ3) is 4.71. The molecule has 1 aromatic carbocycles. The van der Waals surface area contributed by atoms with Gasteiger partial charge >= 0.3 is 0 Å². The third-order valence-electron chi connectivity index (χ3n) is 4.26. The van der Waals surface area contributed by atoms with Crippen molar-refractivity contribution in [3.8, 4) is 0 Å². The molecule has 118 valence electrons. The number of rotatable bonds is 5. The van der Waals surface area contributed by atoms with Crippen molar-refractivity contribution in [2.24, 2.45) is 11.8 Å². The number of ether oxygens (including phenoxy) is 2. The zero-order chi connectivity index (χ0) is 15.4. The van der Waals surface area contributed by atoms with E-state index in [9.17, 15) is 0 Å². The van der Waals surface area contributed by atoms with Crippen molar-refractivity contribution in [2.75, 3.05) is 6.66 Å². The van der Waals surface area contributed by atoms with E-state index in [1.165, 1.54) is 5.56 Å². The van der Waals surface area contributed by atoms with Crippen molar-refractivity contribution in [2.45, 2.75) is 45.9 Å². The Hall–Kier alpha value is -0.0400. The molecular formula is C16H26O3P2. The maximum Gasteiger partial charge on any atom is 0.188 e. The maximum atomic E-state index is 6.16. The molecule has 0 saturated carbocycles. The van der Waals surface area contributed by atoms with Gasteiger partial charge in [-0.1, -0.05) is 53.1 Å². The van der Waals surface area contributed by atoms with Gasteiger partial charge in [-0.2, -0.15) is 0 Å². The Kier molecular flexibility index (Phi) is 6.59. The molecule has 7 unspecified atom stereocenters. The lowest BCUT2D eigenvalue weighted by atomic mass is 9.84. The van der Waals surface area contributed by atoms with Crippen LogP contribution in [0, 0.1) is 11.8 Å². The van der Waals surface area contributed by atoms with Gasteiger partial charge in [-0.3, -0.25) is 0 Å². The molecule has 21 heavy (non-hydrogen) atoms. The number of benzene rings is 1. The topological polar surface area (TPSA) is 27.7 Å². The summed E-state index contributed by atoms with van der Waals surface area (Å²) in [5.41, 5.74) is 1.18. The quantitative estimate of drug-likeness (QED) is 0.749. The summed E-state index contributed by atoms with van der Waals surface area (Å²) in [5.74, 6) is 0.862. The lowest BCUT2D eigenvalue weighted by molar-refractivity contribution is -0.246. The molecule has 1 aliphatic heterocycles. The highest BCUT2D eigenvalue weighted by Gasteiger charge is 2.41. The van der Waals surface area contributed by atoms with E-state index in [-0.39, 0.29) is 18.5 Å². The molecule has 0 spiro atoms. The van der Waals surface area contributed by atoms with Crippen LogP contribution in [0.4, 0.5) is 0 Å². The second-order valence-corrected chi connectivity index (χ2v) is 9.33. The predicted octanol–water partition coefficient (Wildman–Crippen LogP) is 4.42. The van der Waals surface area contributed by atoms with E-state index in [2.05, 4.69) is 48.5 Å². The number of hydrogen-bond acceptors (Lipinski definition) is 3. The Bertz CT molecular complexity index is 427. The van der Waals surface area contributed by atoms with Crippen LogP contribution < -0.4 is 0 Å². The van der Waals surface area contributed by atoms with Gasteiger partial charge in [-0.15, -0.1) is 0 Å². The van der Waals surface area contributed by atoms with Gasteiger partial charge in [0, 0.05) is 7.84 Å². The van der Waals surface area contributed by atoms with Gasteiger partial charge in [0.2, 0.25) is 0 Å². The van der Waals surface area contributed by atoms with Crippen LogP contribution in [0.3, 0.4) is 0 Å². The first kappa shape index (κ1) is 17.3. The Morgan fingerprint density at radius 1 is 1.14 bits per heavy atom. The van der Waals surface area contributed by atoms with E-state index >= 15 is 0 Å². The van der Waals surface area contributed by atoms with Crippen LogP contribution in [0.1, 0.15) is 26.3 Å². The maximum absolute atomic E-state index is 6.16. The van der Waals surface area contributed by atoms with E-state index in [4.69, 9.17) is 14.0 Å². The van der Waals surface area contributed by atoms with Gasteiger partial charge in [0.15, 0.2) is 6.29 Å². The minimum Gasteiger partial charge on any atom is -0.368 e. The summed E-state index contributed by atoms with van der Waals surface area (Å²) in [4.78, 5) is 0. The zero-order valence-corrected chi connectivity index (χ0v) is 15.3. The van der Waals surface area contributed by atoms with Crippen molar-refractivity contribution in [3.05, 3.63) is 35.9 Å². The molecule has 0 radical (unpaired) electrons. The standard InChI is InChI=1S/C16H26O3P2/c1-11-12(2)15(16(18-13(11)3)19-21(4)20)17-10-14-8-6-5-7-9-14/h5-9,11-13,15-16H,10,20H2,1-4H3. The molecule has 7 atom stereocenters. The van der Waals surface area contributed by atoms with Crippen LogP contribution in [-0.2, 0) is 20.6 Å². The van der Waals surface area contributed by atoms with Crippen LogP contribution >= 0.6 is 16.8 Å². The first-order chi connectivity index (χ1) is 9.99. The van der Waals surface area contributed by atoms with Gasteiger partial charge in [0.25, 0.3) is 0 Å². The highest BCUT2D eigenvalue weighted by atomic mass is 32.0. The normalized spacial score (nSPS) is 34.6. The highest BCUT2D eigenvalue weighted by Crippen LogP contribution is 2.46. The van der Waals surface area contributed by atoms with E-state index in [0.29, 0.717) is 18.4 Å². The first-order valence-corrected chi connectivity index (χ1v) is 10.8. The summed E-state index contributed by atoms with van der Waals surface area (Å²) in [6, 6.07) is 10.2. The van der Waals surface area contributed by atoms with Crippen LogP contribution in [0.2, 0.25) is 0 Å². The molecule has 1 aromatic rings. The van der Waals surface area contributed by atoms with E-state index in [1.807, 2.05) is 18.2 Å². The largest absolute Gasteiger partial charge is 0.368 e. The smallest absolute Gasteiger partial charge is 0.188 e. The molecule has 0 bridgehead atoms. The molecule has 3 nitrogen and oxygen atoms in total. The van der Waals surface area contributed by atoms with Crippen LogP contribution in [0.25, 0.3) is 0 Å². The lowest BCUT2D eigenvalue weighted by Crippen LogP contribution is -2.49. The van der Waals surface area contributed by atoms with Crippen LogP contribution in [0.5, 0.6) is 0 Å². The number of hydrogen-bond donors (Lipinski definition) is 0. The van der Waals surface area contributed by atoms with Crippen LogP contribution in [0.15, 0.2) is 30.3 Å². The zero-order valence-electron chi connectivity index (χ0n) is 13.2. The van der Waals surface area contributed by atoms with Gasteiger partial charge in [-0.05, 0) is 31.0 Å². The molecule has 1 saturated heterocycles. The van der Waals surface area contributed by atoms with Gasteiger partial charge in [0.05, 0.1) is 12.7 Å². The minimum atomic E-state index is -0.556. The van der Waals surface area contributed by atoms with E-state index in [1.54, 1.807) is 0 Å². The lowest BCUT2D eigenvalue weighted by Gasteiger charge is -2.43. The summed E-state index contributed by atoms with van der Waals surface area (Å²) in [7, 11) is 2.16. The van der Waals surface area contributed by atoms with Gasteiger partial charge < -0.3 is 14.0 Å². The van der Waals surface area contributed by atoms with Crippen molar-refractivity contribution >= 4 is 16.8 Å². The van der Waals surface area contributed by atoms with E-state index in [0.717, 1.165) is 0 Å². The predicted molar refractivity (Wildman–Crippen MR) is 91.3 cm³/mol. The fourth-order valence-electron chi connectivity index (χ4n) is 2.63. The Balaban J connectivity index is 2.04.